The number of carbonyl (C=O) groups is 1. The minimum Gasteiger partial charge on any atom is -0.377 e. The van der Waals surface area contributed by atoms with Crippen molar-refractivity contribution in [3.8, 4) is 0 Å². The van der Waals surface area contributed by atoms with E-state index in [-0.39, 0.29) is 17.8 Å². The third kappa shape index (κ3) is 2.56. The largest absolute Gasteiger partial charge is 0.377 e. The van der Waals surface area contributed by atoms with E-state index < -0.39 is 6.04 Å². The molecule has 3 aromatic rings. The summed E-state index contributed by atoms with van der Waals surface area (Å²) in [7, 11) is 0. The summed E-state index contributed by atoms with van der Waals surface area (Å²) in [6.45, 7) is 2.99. The third-order valence-electron chi connectivity index (χ3n) is 4.34. The molecule has 1 aliphatic rings. The number of aromatic nitrogens is 3. The second-order valence-electron chi connectivity index (χ2n) is 6.03. The molecule has 2 N–H and O–H groups in total. The van der Waals surface area contributed by atoms with E-state index in [0.29, 0.717) is 24.3 Å². The summed E-state index contributed by atoms with van der Waals surface area (Å²) in [5, 5.41) is 7.92. The van der Waals surface area contributed by atoms with Crippen LogP contribution in [-0.4, -0.2) is 33.9 Å². The molecular formula is C17H17FN4O2. The van der Waals surface area contributed by atoms with Gasteiger partial charge in [0.1, 0.15) is 5.82 Å². The smallest absolute Gasteiger partial charge is 0.254 e. The Kier molecular flexibility index (Phi) is 3.57. The van der Waals surface area contributed by atoms with Gasteiger partial charge in [0.05, 0.1) is 37.1 Å². The first-order valence-corrected chi connectivity index (χ1v) is 7.81. The lowest BCUT2D eigenvalue weighted by Gasteiger charge is -2.25. The molecule has 3 heterocycles. The molecule has 1 fully saturated rings. The molecule has 1 aliphatic heterocycles. The zero-order chi connectivity index (χ0) is 16.7. The topological polar surface area (TPSA) is 71.9 Å². The SMILES string of the molecule is CC(NC(=O)c1cnn(C2COC2)c1)c1cc2cc[nH]c2cc1F. The maximum atomic E-state index is 14.3. The van der Waals surface area contributed by atoms with E-state index in [1.165, 1.54) is 12.3 Å². The first-order chi connectivity index (χ1) is 11.6. The Hall–Kier alpha value is -2.67. The number of nitrogens with one attached hydrogen (secondary N) is 2. The zero-order valence-corrected chi connectivity index (χ0v) is 13.1. The maximum absolute atomic E-state index is 14.3. The zero-order valence-electron chi connectivity index (χ0n) is 13.1. The van der Waals surface area contributed by atoms with Gasteiger partial charge in [-0.2, -0.15) is 5.10 Å². The van der Waals surface area contributed by atoms with E-state index in [0.717, 1.165) is 10.9 Å². The third-order valence-corrected chi connectivity index (χ3v) is 4.34. The van der Waals surface area contributed by atoms with Gasteiger partial charge in [-0.15, -0.1) is 0 Å². The summed E-state index contributed by atoms with van der Waals surface area (Å²) in [5.41, 5.74) is 1.64. The Labute approximate surface area is 137 Å². The van der Waals surface area contributed by atoms with Crippen molar-refractivity contribution in [1.29, 1.82) is 0 Å². The lowest BCUT2D eigenvalue weighted by Crippen LogP contribution is -2.31. The molecule has 1 atom stereocenters. The Morgan fingerprint density at radius 3 is 3.08 bits per heavy atom. The van der Waals surface area contributed by atoms with Gasteiger partial charge >= 0.3 is 0 Å². The minimum atomic E-state index is -0.452. The highest BCUT2D eigenvalue weighted by Crippen LogP contribution is 2.23. The molecule has 2 aromatic heterocycles. The standard InChI is InChI=1S/C17H17FN4O2/c1-10(14-4-11-2-3-19-16(11)5-15(14)18)21-17(23)12-6-20-22(7-12)13-8-24-9-13/h2-7,10,13,19H,8-9H2,1H3,(H,21,23). The summed E-state index contributed by atoms with van der Waals surface area (Å²) >= 11 is 0. The van der Waals surface area contributed by atoms with E-state index in [1.54, 1.807) is 30.1 Å². The molecule has 0 radical (unpaired) electrons. The van der Waals surface area contributed by atoms with Gasteiger partial charge < -0.3 is 15.0 Å². The molecule has 124 valence electrons. The summed E-state index contributed by atoms with van der Waals surface area (Å²) in [4.78, 5) is 15.3. The molecule has 1 saturated heterocycles. The fraction of sp³-hybridized carbons (Fsp3) is 0.294. The van der Waals surface area contributed by atoms with Crippen molar-refractivity contribution in [1.82, 2.24) is 20.1 Å². The predicted octanol–water partition coefficient (Wildman–Crippen LogP) is 2.57. The van der Waals surface area contributed by atoms with Crippen molar-refractivity contribution in [3.63, 3.8) is 0 Å². The summed E-state index contributed by atoms with van der Waals surface area (Å²) in [6, 6.07) is 4.81. The average Bonchev–Trinajstić information content (AvgIpc) is 3.13. The van der Waals surface area contributed by atoms with Crippen molar-refractivity contribution in [2.45, 2.75) is 19.0 Å². The monoisotopic (exact) mass is 328 g/mol. The number of hydrogen-bond acceptors (Lipinski definition) is 3. The highest BCUT2D eigenvalue weighted by Gasteiger charge is 2.23. The number of H-pyrrole nitrogens is 1. The van der Waals surface area contributed by atoms with Crippen LogP contribution in [0.1, 0.15) is 34.9 Å². The average molecular weight is 328 g/mol. The molecule has 0 bridgehead atoms. The quantitative estimate of drug-likeness (QED) is 0.773. The molecule has 7 heteroatoms. The van der Waals surface area contributed by atoms with Crippen LogP contribution in [0.15, 0.2) is 36.8 Å². The maximum Gasteiger partial charge on any atom is 0.254 e. The predicted molar refractivity (Wildman–Crippen MR) is 86.2 cm³/mol. The van der Waals surface area contributed by atoms with Crippen LogP contribution in [0.4, 0.5) is 4.39 Å². The molecule has 1 unspecified atom stereocenters. The molecule has 1 aromatic carbocycles. The van der Waals surface area contributed by atoms with Gasteiger partial charge in [0.15, 0.2) is 0 Å². The number of halogens is 1. The number of ether oxygens (including phenoxy) is 1. The van der Waals surface area contributed by atoms with Gasteiger partial charge in [-0.05, 0) is 30.5 Å². The van der Waals surface area contributed by atoms with Gasteiger partial charge in [-0.3, -0.25) is 9.48 Å². The number of hydrogen-bond donors (Lipinski definition) is 2. The normalized spacial score (nSPS) is 16.1. The van der Waals surface area contributed by atoms with Crippen LogP contribution >= 0.6 is 0 Å². The number of nitrogens with zero attached hydrogens (tertiary/aromatic N) is 2. The number of benzene rings is 1. The Morgan fingerprint density at radius 2 is 2.33 bits per heavy atom. The molecule has 4 rings (SSSR count). The van der Waals surface area contributed by atoms with E-state index >= 15 is 0 Å². The fourth-order valence-electron chi connectivity index (χ4n) is 2.81. The van der Waals surface area contributed by atoms with E-state index in [4.69, 9.17) is 4.74 Å². The second-order valence-corrected chi connectivity index (χ2v) is 6.03. The van der Waals surface area contributed by atoms with Crippen LogP contribution in [0.2, 0.25) is 0 Å². The molecule has 24 heavy (non-hydrogen) atoms. The van der Waals surface area contributed by atoms with Gasteiger partial charge in [-0.1, -0.05) is 0 Å². The highest BCUT2D eigenvalue weighted by atomic mass is 19.1. The van der Waals surface area contributed by atoms with Crippen LogP contribution in [0.5, 0.6) is 0 Å². The van der Waals surface area contributed by atoms with Gasteiger partial charge in [0.2, 0.25) is 0 Å². The van der Waals surface area contributed by atoms with E-state index in [2.05, 4.69) is 15.4 Å². The number of aromatic amines is 1. The van der Waals surface area contributed by atoms with Gasteiger partial charge in [0, 0.05) is 23.5 Å². The van der Waals surface area contributed by atoms with Crippen molar-refractivity contribution >= 4 is 16.8 Å². The van der Waals surface area contributed by atoms with E-state index in [1.807, 2.05) is 6.07 Å². The number of fused-ring (bicyclic) bond motifs is 1. The van der Waals surface area contributed by atoms with Crippen LogP contribution < -0.4 is 5.32 Å². The molecule has 0 saturated carbocycles. The molecule has 0 spiro atoms. The summed E-state index contributed by atoms with van der Waals surface area (Å²) in [6.07, 6.45) is 4.97. The first kappa shape index (κ1) is 14.9. The van der Waals surface area contributed by atoms with Gasteiger partial charge in [-0.25, -0.2) is 4.39 Å². The number of amides is 1. The van der Waals surface area contributed by atoms with Crippen molar-refractivity contribution in [2.24, 2.45) is 0 Å². The minimum absolute atomic E-state index is 0.192. The number of rotatable bonds is 4. The lowest BCUT2D eigenvalue weighted by molar-refractivity contribution is -0.0286. The van der Waals surface area contributed by atoms with Crippen molar-refractivity contribution in [2.75, 3.05) is 13.2 Å². The fourth-order valence-corrected chi connectivity index (χ4v) is 2.81. The Balaban J connectivity index is 1.51. The van der Waals surface area contributed by atoms with Crippen molar-refractivity contribution < 1.29 is 13.9 Å². The lowest BCUT2D eigenvalue weighted by atomic mass is 10.1. The molecule has 1 amide bonds. The van der Waals surface area contributed by atoms with E-state index in [9.17, 15) is 9.18 Å². The Morgan fingerprint density at radius 1 is 1.50 bits per heavy atom. The van der Waals surface area contributed by atoms with Crippen molar-refractivity contribution in [3.05, 3.63) is 53.7 Å². The first-order valence-electron chi connectivity index (χ1n) is 7.81. The molecule has 6 nitrogen and oxygen atoms in total. The van der Waals surface area contributed by atoms with Crippen LogP contribution in [0.3, 0.4) is 0 Å². The highest BCUT2D eigenvalue weighted by molar-refractivity contribution is 5.94. The number of carbonyl (C=O) groups excluding carboxylic acids is 1. The summed E-state index contributed by atoms with van der Waals surface area (Å²) in [5.74, 6) is -0.623. The van der Waals surface area contributed by atoms with Crippen LogP contribution in [-0.2, 0) is 4.74 Å². The second kappa shape index (κ2) is 5.76. The summed E-state index contributed by atoms with van der Waals surface area (Å²) < 4.78 is 21.1. The molecule has 0 aliphatic carbocycles. The van der Waals surface area contributed by atoms with Crippen LogP contribution in [0, 0.1) is 5.82 Å². The van der Waals surface area contributed by atoms with Gasteiger partial charge in [0.25, 0.3) is 5.91 Å². The Bertz CT molecular complexity index is 897. The molecular weight excluding hydrogens is 311 g/mol. The van der Waals surface area contributed by atoms with Crippen LogP contribution in [0.25, 0.3) is 10.9 Å².